The standard InChI is InChI=1S/C24H21N3O3/c1-29-23-22(25)13-16(14-27-23)7-6-12-26-24(28)30-15-21-19-10-4-2-8-17(19)18-9-3-5-11-20(18)21/h2-5,8-11,13-14,21H,12,15,25H2,1H3,(H,26,28). The molecular weight excluding hydrogens is 378 g/mol. The van der Waals surface area contributed by atoms with Crippen molar-refractivity contribution in [2.24, 2.45) is 0 Å². The van der Waals surface area contributed by atoms with E-state index in [0.29, 0.717) is 17.1 Å². The molecule has 0 unspecified atom stereocenters. The molecule has 0 aliphatic heterocycles. The number of nitrogens with two attached hydrogens (primary N) is 1. The number of nitrogens with zero attached hydrogens (tertiary/aromatic N) is 1. The summed E-state index contributed by atoms with van der Waals surface area (Å²) in [5, 5.41) is 2.65. The zero-order valence-electron chi connectivity index (χ0n) is 16.5. The third-order valence-corrected chi connectivity index (χ3v) is 4.97. The average molecular weight is 399 g/mol. The zero-order chi connectivity index (χ0) is 20.9. The number of pyridine rings is 1. The van der Waals surface area contributed by atoms with Crippen molar-refractivity contribution in [3.8, 4) is 28.8 Å². The summed E-state index contributed by atoms with van der Waals surface area (Å²) in [5.41, 5.74) is 11.6. The Kier molecular flexibility index (Phi) is 5.53. The second-order valence-corrected chi connectivity index (χ2v) is 6.80. The fourth-order valence-electron chi connectivity index (χ4n) is 3.62. The Morgan fingerprint density at radius 3 is 2.43 bits per heavy atom. The fourth-order valence-corrected chi connectivity index (χ4v) is 3.62. The number of ether oxygens (including phenoxy) is 2. The Labute approximate surface area is 175 Å². The molecule has 6 nitrogen and oxygen atoms in total. The average Bonchev–Trinajstić information content (AvgIpc) is 3.09. The number of carbonyl (C=O) groups is 1. The highest BCUT2D eigenvalue weighted by Gasteiger charge is 2.28. The van der Waals surface area contributed by atoms with Crippen LogP contribution in [0.5, 0.6) is 5.88 Å². The van der Waals surface area contributed by atoms with Gasteiger partial charge in [0.05, 0.1) is 19.3 Å². The van der Waals surface area contributed by atoms with Gasteiger partial charge < -0.3 is 20.5 Å². The van der Waals surface area contributed by atoms with Crippen LogP contribution >= 0.6 is 0 Å². The topological polar surface area (TPSA) is 86.5 Å². The highest BCUT2D eigenvalue weighted by atomic mass is 16.5. The first-order valence-electron chi connectivity index (χ1n) is 9.54. The SMILES string of the molecule is COc1ncc(C#CCNC(=O)OCC2c3ccccc3-c3ccccc32)cc1N. The molecule has 0 radical (unpaired) electrons. The predicted octanol–water partition coefficient (Wildman–Crippen LogP) is 3.56. The van der Waals surface area contributed by atoms with Crippen molar-refractivity contribution in [1.82, 2.24) is 10.3 Å². The van der Waals surface area contributed by atoms with E-state index >= 15 is 0 Å². The molecule has 3 aromatic rings. The lowest BCUT2D eigenvalue weighted by atomic mass is 9.98. The minimum absolute atomic E-state index is 0.0302. The number of fused-ring (bicyclic) bond motifs is 3. The lowest BCUT2D eigenvalue weighted by Gasteiger charge is -2.14. The van der Waals surface area contributed by atoms with Crippen molar-refractivity contribution in [2.45, 2.75) is 5.92 Å². The highest BCUT2D eigenvalue weighted by Crippen LogP contribution is 2.44. The van der Waals surface area contributed by atoms with Crippen molar-refractivity contribution in [3.05, 3.63) is 77.5 Å². The molecule has 6 heteroatoms. The second-order valence-electron chi connectivity index (χ2n) is 6.80. The molecule has 0 fully saturated rings. The van der Waals surface area contributed by atoms with Crippen LogP contribution in [0.4, 0.5) is 10.5 Å². The summed E-state index contributed by atoms with van der Waals surface area (Å²) in [7, 11) is 1.50. The number of anilines is 1. The van der Waals surface area contributed by atoms with Gasteiger partial charge >= 0.3 is 6.09 Å². The third kappa shape index (κ3) is 3.91. The van der Waals surface area contributed by atoms with Gasteiger partial charge in [0.15, 0.2) is 0 Å². The minimum atomic E-state index is -0.501. The molecule has 30 heavy (non-hydrogen) atoms. The largest absolute Gasteiger partial charge is 0.480 e. The maximum Gasteiger partial charge on any atom is 0.407 e. The van der Waals surface area contributed by atoms with Gasteiger partial charge in [-0.1, -0.05) is 60.4 Å². The molecule has 1 heterocycles. The monoisotopic (exact) mass is 399 g/mol. The van der Waals surface area contributed by atoms with Crippen molar-refractivity contribution in [2.75, 3.05) is 26.0 Å². The second kappa shape index (κ2) is 8.58. The molecule has 0 saturated carbocycles. The summed E-state index contributed by atoms with van der Waals surface area (Å²) in [6.45, 7) is 0.425. The fraction of sp³-hybridized carbons (Fsp3) is 0.167. The molecular formula is C24H21N3O3. The number of carbonyl (C=O) groups excluding carboxylic acids is 1. The summed E-state index contributed by atoms with van der Waals surface area (Å²) in [4.78, 5) is 16.2. The van der Waals surface area contributed by atoms with E-state index in [0.717, 1.165) is 0 Å². The number of amides is 1. The van der Waals surface area contributed by atoms with Gasteiger partial charge in [-0.25, -0.2) is 9.78 Å². The van der Waals surface area contributed by atoms with Crippen LogP contribution in [0, 0.1) is 11.8 Å². The van der Waals surface area contributed by atoms with Gasteiger partial charge in [-0.3, -0.25) is 0 Å². The van der Waals surface area contributed by atoms with Gasteiger partial charge in [0.25, 0.3) is 0 Å². The quantitative estimate of drug-likeness (QED) is 0.655. The molecule has 1 aliphatic carbocycles. The van der Waals surface area contributed by atoms with Gasteiger partial charge in [-0.05, 0) is 28.3 Å². The van der Waals surface area contributed by atoms with Crippen molar-refractivity contribution < 1.29 is 14.3 Å². The summed E-state index contributed by atoms with van der Waals surface area (Å²) in [5.74, 6) is 6.14. The normalized spacial score (nSPS) is 11.6. The summed E-state index contributed by atoms with van der Waals surface area (Å²) < 4.78 is 10.5. The molecule has 0 bridgehead atoms. The molecule has 2 aromatic carbocycles. The first-order valence-corrected chi connectivity index (χ1v) is 9.54. The first-order chi connectivity index (χ1) is 14.7. The van der Waals surface area contributed by atoms with Crippen LogP contribution in [-0.4, -0.2) is 31.3 Å². The number of alkyl carbamates (subject to hydrolysis) is 1. The van der Waals surface area contributed by atoms with E-state index in [-0.39, 0.29) is 19.1 Å². The number of hydrogen-bond donors (Lipinski definition) is 2. The maximum atomic E-state index is 12.1. The summed E-state index contributed by atoms with van der Waals surface area (Å²) in [6.07, 6.45) is 1.06. The van der Waals surface area contributed by atoms with E-state index in [4.69, 9.17) is 15.2 Å². The predicted molar refractivity (Wildman–Crippen MR) is 115 cm³/mol. The van der Waals surface area contributed by atoms with Crippen LogP contribution in [0.15, 0.2) is 60.8 Å². The van der Waals surface area contributed by atoms with E-state index < -0.39 is 6.09 Å². The number of aromatic nitrogens is 1. The van der Waals surface area contributed by atoms with Crippen molar-refractivity contribution in [1.29, 1.82) is 0 Å². The summed E-state index contributed by atoms with van der Waals surface area (Å²) in [6, 6.07) is 18.1. The smallest absolute Gasteiger partial charge is 0.407 e. The van der Waals surface area contributed by atoms with Gasteiger partial charge in [-0.15, -0.1) is 0 Å². The van der Waals surface area contributed by atoms with Crippen LogP contribution in [0.3, 0.4) is 0 Å². The third-order valence-electron chi connectivity index (χ3n) is 4.97. The van der Waals surface area contributed by atoms with Gasteiger partial charge in [0.1, 0.15) is 6.61 Å². The van der Waals surface area contributed by atoms with Crippen molar-refractivity contribution in [3.63, 3.8) is 0 Å². The first kappa shape index (κ1) is 19.3. The van der Waals surface area contributed by atoms with Crippen LogP contribution in [0.25, 0.3) is 11.1 Å². The maximum absolute atomic E-state index is 12.1. The molecule has 1 aromatic heterocycles. The molecule has 0 saturated heterocycles. The van der Waals surface area contributed by atoms with Gasteiger partial charge in [0, 0.05) is 17.7 Å². The van der Waals surface area contributed by atoms with E-state index in [1.165, 1.54) is 29.4 Å². The Hall–Kier alpha value is -3.98. The molecule has 3 N–H and O–H groups in total. The number of nitrogens with one attached hydrogen (secondary N) is 1. The number of nitrogen functional groups attached to an aromatic ring is 1. The Bertz CT molecular complexity index is 1100. The molecule has 4 rings (SSSR count). The number of rotatable bonds is 4. The minimum Gasteiger partial charge on any atom is -0.480 e. The Balaban J connectivity index is 1.33. The Morgan fingerprint density at radius 1 is 1.13 bits per heavy atom. The molecule has 0 atom stereocenters. The lowest BCUT2D eigenvalue weighted by Crippen LogP contribution is -2.26. The van der Waals surface area contributed by atoms with E-state index in [1.54, 1.807) is 12.3 Å². The molecule has 1 amide bonds. The van der Waals surface area contributed by atoms with Crippen LogP contribution < -0.4 is 15.8 Å². The molecule has 150 valence electrons. The van der Waals surface area contributed by atoms with E-state index in [2.05, 4.69) is 46.4 Å². The van der Waals surface area contributed by atoms with E-state index in [9.17, 15) is 4.79 Å². The number of hydrogen-bond acceptors (Lipinski definition) is 5. The highest BCUT2D eigenvalue weighted by molar-refractivity contribution is 5.79. The van der Waals surface area contributed by atoms with Crippen LogP contribution in [0.1, 0.15) is 22.6 Å². The van der Waals surface area contributed by atoms with Crippen molar-refractivity contribution >= 4 is 11.8 Å². The summed E-state index contributed by atoms with van der Waals surface area (Å²) >= 11 is 0. The Morgan fingerprint density at radius 2 is 1.80 bits per heavy atom. The molecule has 1 aliphatic rings. The van der Waals surface area contributed by atoms with E-state index in [1.807, 2.05) is 24.3 Å². The van der Waals surface area contributed by atoms with Gasteiger partial charge in [-0.2, -0.15) is 0 Å². The zero-order valence-corrected chi connectivity index (χ0v) is 16.5. The number of methoxy groups -OCH3 is 1. The molecule has 0 spiro atoms. The van der Waals surface area contributed by atoms with Crippen LogP contribution in [-0.2, 0) is 4.74 Å². The number of benzene rings is 2. The van der Waals surface area contributed by atoms with Crippen LogP contribution in [0.2, 0.25) is 0 Å². The van der Waals surface area contributed by atoms with Gasteiger partial charge in [0.2, 0.25) is 5.88 Å². The lowest BCUT2D eigenvalue weighted by molar-refractivity contribution is 0.144.